The van der Waals surface area contributed by atoms with Gasteiger partial charge in [-0.2, -0.15) is 0 Å². The average Bonchev–Trinajstić information content (AvgIpc) is 2.40. The number of nitrogens with zero attached hydrogens (tertiary/aromatic N) is 1. The summed E-state index contributed by atoms with van der Waals surface area (Å²) in [5.74, 6) is -0.345. The maximum atomic E-state index is 13.2. The second-order valence-electron chi connectivity index (χ2n) is 4.01. The molecular formula is C13H9BrFIN2O2. The number of anilines is 1. The van der Waals surface area contributed by atoms with Crippen LogP contribution in [0.25, 0.3) is 0 Å². The molecule has 0 aliphatic heterocycles. The Morgan fingerprint density at radius 2 is 2.05 bits per heavy atom. The molecule has 0 aliphatic rings. The van der Waals surface area contributed by atoms with E-state index in [2.05, 4.69) is 21.2 Å². The summed E-state index contributed by atoms with van der Waals surface area (Å²) >= 11 is 5.34. The van der Waals surface area contributed by atoms with Crippen LogP contribution in [-0.2, 0) is 6.54 Å². The van der Waals surface area contributed by atoms with Crippen LogP contribution < -0.4 is 5.32 Å². The predicted molar refractivity (Wildman–Crippen MR) is 87.2 cm³/mol. The van der Waals surface area contributed by atoms with Crippen LogP contribution in [0, 0.1) is 19.5 Å². The van der Waals surface area contributed by atoms with Crippen molar-refractivity contribution < 1.29 is 9.31 Å². The second kappa shape index (κ2) is 6.49. The maximum Gasteiger partial charge on any atom is 0.293 e. The highest BCUT2D eigenvalue weighted by atomic mass is 127. The molecule has 2 aromatic carbocycles. The molecule has 0 aromatic heterocycles. The van der Waals surface area contributed by atoms with Gasteiger partial charge in [-0.15, -0.1) is 0 Å². The Balaban J connectivity index is 2.23. The first-order valence-electron chi connectivity index (χ1n) is 5.59. The van der Waals surface area contributed by atoms with Crippen LogP contribution in [-0.4, -0.2) is 4.92 Å². The van der Waals surface area contributed by atoms with Gasteiger partial charge in [-0.25, -0.2) is 4.39 Å². The molecule has 20 heavy (non-hydrogen) atoms. The predicted octanol–water partition coefficient (Wildman–Crippen LogP) is 4.71. The summed E-state index contributed by atoms with van der Waals surface area (Å²) in [4.78, 5) is 10.6. The quantitative estimate of drug-likeness (QED) is 0.417. The largest absolute Gasteiger partial charge is 0.375 e. The molecule has 7 heteroatoms. The number of nitro benzene ring substituents is 1. The summed E-state index contributed by atoms with van der Waals surface area (Å²) in [6.45, 7) is 0.291. The molecule has 0 bridgehead atoms. The Bertz CT molecular complexity index is 667. The monoisotopic (exact) mass is 450 g/mol. The molecule has 0 unspecified atom stereocenters. The van der Waals surface area contributed by atoms with Crippen LogP contribution >= 0.6 is 38.5 Å². The Morgan fingerprint density at radius 1 is 1.30 bits per heavy atom. The lowest BCUT2D eigenvalue weighted by molar-refractivity contribution is -0.384. The number of hydrogen-bond donors (Lipinski definition) is 1. The van der Waals surface area contributed by atoms with Crippen molar-refractivity contribution in [3.8, 4) is 0 Å². The first-order valence-corrected chi connectivity index (χ1v) is 7.46. The first-order chi connectivity index (χ1) is 9.47. The zero-order valence-electron chi connectivity index (χ0n) is 10.1. The van der Waals surface area contributed by atoms with Crippen molar-refractivity contribution in [2.75, 3.05) is 5.32 Å². The summed E-state index contributed by atoms with van der Waals surface area (Å²) < 4.78 is 14.7. The zero-order valence-corrected chi connectivity index (χ0v) is 13.8. The van der Waals surface area contributed by atoms with E-state index in [9.17, 15) is 14.5 Å². The fourth-order valence-electron chi connectivity index (χ4n) is 1.67. The molecule has 0 amide bonds. The van der Waals surface area contributed by atoms with E-state index in [0.717, 1.165) is 8.04 Å². The molecule has 0 saturated carbocycles. The first kappa shape index (κ1) is 15.2. The summed E-state index contributed by atoms with van der Waals surface area (Å²) in [7, 11) is 0. The molecule has 2 aromatic rings. The average molecular weight is 451 g/mol. The third-order valence-electron chi connectivity index (χ3n) is 2.63. The highest BCUT2D eigenvalue weighted by Crippen LogP contribution is 2.27. The van der Waals surface area contributed by atoms with Gasteiger partial charge in [0.15, 0.2) is 0 Å². The molecular weight excluding hydrogens is 442 g/mol. The summed E-state index contributed by atoms with van der Waals surface area (Å²) in [6.07, 6.45) is 0. The van der Waals surface area contributed by atoms with E-state index in [4.69, 9.17) is 0 Å². The van der Waals surface area contributed by atoms with E-state index in [-0.39, 0.29) is 11.5 Å². The molecule has 0 aliphatic carbocycles. The van der Waals surface area contributed by atoms with Crippen molar-refractivity contribution >= 4 is 49.9 Å². The SMILES string of the molecule is O=[N+]([O-])c1cc(I)ccc1NCc1cc(F)ccc1Br. The number of benzene rings is 2. The fourth-order valence-corrected chi connectivity index (χ4v) is 2.54. The van der Waals surface area contributed by atoms with Crippen LogP contribution in [0.3, 0.4) is 0 Å². The molecule has 0 spiro atoms. The lowest BCUT2D eigenvalue weighted by Gasteiger charge is -2.09. The van der Waals surface area contributed by atoms with Gasteiger partial charge in [-0.1, -0.05) is 15.9 Å². The number of halogens is 3. The van der Waals surface area contributed by atoms with Gasteiger partial charge in [0.2, 0.25) is 0 Å². The second-order valence-corrected chi connectivity index (χ2v) is 6.11. The van der Waals surface area contributed by atoms with Gasteiger partial charge in [0.05, 0.1) is 4.92 Å². The van der Waals surface area contributed by atoms with Crippen molar-refractivity contribution in [3.63, 3.8) is 0 Å². The van der Waals surface area contributed by atoms with Crippen LogP contribution in [0.5, 0.6) is 0 Å². The van der Waals surface area contributed by atoms with Gasteiger partial charge in [0, 0.05) is 20.7 Å². The highest BCUT2D eigenvalue weighted by molar-refractivity contribution is 14.1. The Kier molecular flexibility index (Phi) is 4.92. The summed E-state index contributed by atoms with van der Waals surface area (Å²) in [6, 6.07) is 9.25. The van der Waals surface area contributed by atoms with E-state index >= 15 is 0 Å². The minimum atomic E-state index is -0.439. The Labute approximate surface area is 136 Å². The molecule has 0 atom stereocenters. The van der Waals surface area contributed by atoms with Gasteiger partial charge in [-0.3, -0.25) is 10.1 Å². The Morgan fingerprint density at radius 3 is 2.75 bits per heavy atom. The molecule has 2 rings (SSSR count). The topological polar surface area (TPSA) is 55.2 Å². The number of nitro groups is 1. The molecule has 0 fully saturated rings. The van der Waals surface area contributed by atoms with Crippen molar-refractivity contribution in [1.82, 2.24) is 0 Å². The van der Waals surface area contributed by atoms with Gasteiger partial charge in [0.25, 0.3) is 5.69 Å². The standard InChI is InChI=1S/C13H9BrFIN2O2/c14-11-3-1-9(15)5-8(11)7-17-12-4-2-10(16)6-13(12)18(19)20/h1-6,17H,7H2. The lowest BCUT2D eigenvalue weighted by atomic mass is 10.2. The van der Waals surface area contributed by atoms with E-state index in [0.29, 0.717) is 17.8 Å². The normalized spacial score (nSPS) is 10.3. The van der Waals surface area contributed by atoms with Gasteiger partial charge in [0.1, 0.15) is 11.5 Å². The summed E-state index contributed by atoms with van der Waals surface area (Å²) in [5.41, 5.74) is 1.11. The molecule has 0 saturated heterocycles. The molecule has 4 nitrogen and oxygen atoms in total. The van der Waals surface area contributed by atoms with Crippen LogP contribution in [0.1, 0.15) is 5.56 Å². The van der Waals surface area contributed by atoms with Crippen molar-refractivity contribution in [2.45, 2.75) is 6.54 Å². The van der Waals surface area contributed by atoms with Crippen molar-refractivity contribution in [2.24, 2.45) is 0 Å². The lowest BCUT2D eigenvalue weighted by Crippen LogP contribution is -2.03. The van der Waals surface area contributed by atoms with E-state index in [1.807, 2.05) is 22.6 Å². The maximum absolute atomic E-state index is 13.2. The molecule has 0 heterocycles. The minimum Gasteiger partial charge on any atom is -0.375 e. The molecule has 104 valence electrons. The van der Waals surface area contributed by atoms with Gasteiger partial charge in [-0.05, 0) is 58.5 Å². The third-order valence-corrected chi connectivity index (χ3v) is 4.08. The van der Waals surface area contributed by atoms with E-state index < -0.39 is 4.92 Å². The minimum absolute atomic E-state index is 0.00410. The number of hydrogen-bond acceptors (Lipinski definition) is 3. The van der Waals surface area contributed by atoms with Gasteiger partial charge < -0.3 is 5.32 Å². The highest BCUT2D eigenvalue weighted by Gasteiger charge is 2.14. The fraction of sp³-hybridized carbons (Fsp3) is 0.0769. The number of rotatable bonds is 4. The van der Waals surface area contributed by atoms with Gasteiger partial charge >= 0.3 is 0 Å². The van der Waals surface area contributed by atoms with Crippen LogP contribution in [0.15, 0.2) is 40.9 Å². The third kappa shape index (κ3) is 3.66. The zero-order chi connectivity index (χ0) is 14.7. The molecule has 1 N–H and O–H groups in total. The van der Waals surface area contributed by atoms with Crippen molar-refractivity contribution in [1.29, 1.82) is 0 Å². The van der Waals surface area contributed by atoms with Crippen LogP contribution in [0.4, 0.5) is 15.8 Å². The molecule has 0 radical (unpaired) electrons. The van der Waals surface area contributed by atoms with Crippen molar-refractivity contribution in [3.05, 3.63) is 65.9 Å². The van der Waals surface area contributed by atoms with E-state index in [1.165, 1.54) is 18.2 Å². The van der Waals surface area contributed by atoms with E-state index in [1.54, 1.807) is 18.2 Å². The number of nitrogens with one attached hydrogen (secondary N) is 1. The van der Waals surface area contributed by atoms with Crippen LogP contribution in [0.2, 0.25) is 0 Å². The Hall–Kier alpha value is -1.22. The summed E-state index contributed by atoms with van der Waals surface area (Å²) in [5, 5.41) is 14.0. The smallest absolute Gasteiger partial charge is 0.293 e.